The van der Waals surface area contributed by atoms with E-state index in [4.69, 9.17) is 9.47 Å². The zero-order chi connectivity index (χ0) is 35.6. The van der Waals surface area contributed by atoms with Crippen LogP contribution >= 0.6 is 0 Å². The lowest BCUT2D eigenvalue weighted by Gasteiger charge is -2.36. The van der Waals surface area contributed by atoms with Gasteiger partial charge < -0.3 is 14.4 Å². The lowest BCUT2D eigenvalue weighted by Crippen LogP contribution is -2.29. The average Bonchev–Trinajstić information content (AvgIpc) is 3.55. The maximum atomic E-state index is 7.00. The summed E-state index contributed by atoms with van der Waals surface area (Å²) in [6, 6.07) is 60.6. The third-order valence-corrected chi connectivity index (χ3v) is 11.4. The Morgan fingerprint density at radius 3 is 1.91 bits per heavy atom. The van der Waals surface area contributed by atoms with Gasteiger partial charge in [-0.05, 0) is 81.8 Å². The van der Waals surface area contributed by atoms with E-state index in [0.717, 1.165) is 41.2 Å². The molecule has 0 amide bonds. The molecule has 8 aromatic rings. The quantitative estimate of drug-likeness (QED) is 0.179. The van der Waals surface area contributed by atoms with Crippen LogP contribution in [-0.2, 0) is 5.41 Å². The topological polar surface area (TPSA) is 21.7 Å². The average molecular weight is 694 g/mol. The monoisotopic (exact) mass is 693 g/mol. The molecule has 1 atom stereocenters. The van der Waals surface area contributed by atoms with Gasteiger partial charge in [0.2, 0.25) is 0 Å². The third kappa shape index (κ3) is 4.48. The van der Waals surface area contributed by atoms with Gasteiger partial charge in [0, 0.05) is 22.4 Å². The normalized spacial score (nSPS) is 16.4. The van der Waals surface area contributed by atoms with Gasteiger partial charge in [0.05, 0.1) is 22.5 Å². The first-order valence-corrected chi connectivity index (χ1v) is 18.7. The molecule has 1 aliphatic heterocycles. The number of fused-ring (bicyclic) bond motifs is 8. The van der Waals surface area contributed by atoms with E-state index in [1.54, 1.807) is 0 Å². The van der Waals surface area contributed by atoms with Gasteiger partial charge in [-0.15, -0.1) is 0 Å². The van der Waals surface area contributed by atoms with Crippen molar-refractivity contribution in [2.75, 3.05) is 4.90 Å². The number of nitrogens with zero attached hydrogens (tertiary/aromatic N) is 1. The van der Waals surface area contributed by atoms with Crippen molar-refractivity contribution < 1.29 is 9.47 Å². The van der Waals surface area contributed by atoms with Crippen LogP contribution in [0.15, 0.2) is 194 Å². The summed E-state index contributed by atoms with van der Waals surface area (Å²) in [6.07, 6.45) is 9.14. The fourth-order valence-electron chi connectivity index (χ4n) is 9.11. The number of hydrogen-bond donors (Lipinski definition) is 0. The van der Waals surface area contributed by atoms with Gasteiger partial charge in [-0.25, -0.2) is 0 Å². The van der Waals surface area contributed by atoms with Crippen LogP contribution in [0, 0.1) is 0 Å². The number of allylic oxidation sites excluding steroid dienone is 4. The van der Waals surface area contributed by atoms with Crippen molar-refractivity contribution in [1.29, 1.82) is 0 Å². The minimum absolute atomic E-state index is 0.468. The highest BCUT2D eigenvalue weighted by Crippen LogP contribution is 2.63. The standard InChI is InChI=1S/C51H35NO2/c1-3-19-36(20-4-1)51(37-21-5-2-6-22-37)42-26-12-11-25-41(42)49-43(51)30-32-47-50(49)54-46-31-29-38(33-48(46)53-47)52(44-27-13-17-34-15-7-9-23-39(34)44)45-28-14-18-35-16-8-10-24-40(35)45/h1,3-5,7-33H,2,6H2. The van der Waals surface area contributed by atoms with Gasteiger partial charge in [-0.2, -0.15) is 0 Å². The largest absolute Gasteiger partial charge is 0.449 e. The SMILES string of the molecule is C1=CC(C2(c3ccccc3)c3ccccc3-c3c2ccc2c3Oc3ccc(N(c4cccc5ccccc45)c4cccc5ccccc45)cc3O2)=CCC1. The molecule has 0 saturated heterocycles. The maximum Gasteiger partial charge on any atom is 0.178 e. The Labute approximate surface area is 314 Å². The highest BCUT2D eigenvalue weighted by molar-refractivity contribution is 6.05. The van der Waals surface area contributed by atoms with Crippen molar-refractivity contribution in [2.45, 2.75) is 18.3 Å². The van der Waals surface area contributed by atoms with Crippen LogP contribution in [0.1, 0.15) is 29.5 Å². The highest BCUT2D eigenvalue weighted by atomic mass is 16.6. The Hall–Kier alpha value is -6.84. The molecule has 11 rings (SSSR count). The van der Waals surface area contributed by atoms with Crippen LogP contribution in [0.2, 0.25) is 0 Å². The zero-order valence-electron chi connectivity index (χ0n) is 29.6. The number of rotatable bonds is 5. The van der Waals surface area contributed by atoms with E-state index >= 15 is 0 Å². The van der Waals surface area contributed by atoms with E-state index in [2.05, 4.69) is 193 Å². The van der Waals surface area contributed by atoms with E-state index < -0.39 is 5.41 Å². The third-order valence-electron chi connectivity index (χ3n) is 11.4. The summed E-state index contributed by atoms with van der Waals surface area (Å²) in [5.41, 5.74) is 10.0. The molecule has 1 unspecified atom stereocenters. The smallest absolute Gasteiger partial charge is 0.178 e. The molecule has 256 valence electrons. The van der Waals surface area contributed by atoms with Crippen molar-refractivity contribution in [3.05, 3.63) is 210 Å². The van der Waals surface area contributed by atoms with E-state index in [-0.39, 0.29) is 0 Å². The first kappa shape index (κ1) is 30.8. The van der Waals surface area contributed by atoms with Gasteiger partial charge in [0.15, 0.2) is 23.0 Å². The molecule has 0 aromatic heterocycles. The summed E-state index contributed by atoms with van der Waals surface area (Å²) >= 11 is 0. The molecule has 2 aliphatic carbocycles. The maximum absolute atomic E-state index is 7.00. The lowest BCUT2D eigenvalue weighted by molar-refractivity contribution is 0.360. The summed E-state index contributed by atoms with van der Waals surface area (Å²) in [5.74, 6) is 2.86. The second kappa shape index (κ2) is 12.1. The lowest BCUT2D eigenvalue weighted by atomic mass is 9.66. The molecule has 0 N–H and O–H groups in total. The van der Waals surface area contributed by atoms with Crippen LogP contribution in [0.4, 0.5) is 17.1 Å². The Bertz CT molecular complexity index is 2760. The molecule has 0 saturated carbocycles. The first-order valence-electron chi connectivity index (χ1n) is 18.7. The van der Waals surface area contributed by atoms with Crippen LogP contribution in [-0.4, -0.2) is 0 Å². The van der Waals surface area contributed by atoms with Gasteiger partial charge >= 0.3 is 0 Å². The molecule has 3 nitrogen and oxygen atoms in total. The summed E-state index contributed by atoms with van der Waals surface area (Å²) in [5, 5.41) is 4.72. The predicted octanol–water partition coefficient (Wildman–Crippen LogP) is 14.0. The molecule has 3 aliphatic rings. The zero-order valence-corrected chi connectivity index (χ0v) is 29.6. The van der Waals surface area contributed by atoms with Crippen molar-refractivity contribution in [3.63, 3.8) is 0 Å². The second-order valence-corrected chi connectivity index (χ2v) is 14.3. The van der Waals surface area contributed by atoms with E-state index in [1.165, 1.54) is 49.4 Å². The van der Waals surface area contributed by atoms with Gasteiger partial charge in [0.25, 0.3) is 0 Å². The van der Waals surface area contributed by atoms with E-state index in [1.807, 2.05) is 0 Å². The Morgan fingerprint density at radius 1 is 0.500 bits per heavy atom. The second-order valence-electron chi connectivity index (χ2n) is 14.3. The molecule has 0 bridgehead atoms. The van der Waals surface area contributed by atoms with Crippen molar-refractivity contribution >= 4 is 38.6 Å². The Kier molecular flexibility index (Phi) is 6.90. The summed E-state index contributed by atoms with van der Waals surface area (Å²) in [7, 11) is 0. The Balaban J connectivity index is 1.08. The predicted molar refractivity (Wildman–Crippen MR) is 221 cm³/mol. The number of hydrogen-bond acceptors (Lipinski definition) is 3. The molecule has 0 fully saturated rings. The van der Waals surface area contributed by atoms with Crippen molar-refractivity contribution in [3.8, 4) is 34.1 Å². The fraction of sp³-hybridized carbons (Fsp3) is 0.0588. The number of benzene rings is 8. The molecule has 54 heavy (non-hydrogen) atoms. The summed E-state index contributed by atoms with van der Waals surface area (Å²) in [4.78, 5) is 2.35. The summed E-state index contributed by atoms with van der Waals surface area (Å²) < 4.78 is 13.9. The van der Waals surface area contributed by atoms with Gasteiger partial charge in [-0.3, -0.25) is 0 Å². The fourth-order valence-corrected chi connectivity index (χ4v) is 9.11. The first-order chi connectivity index (χ1) is 26.8. The van der Waals surface area contributed by atoms with E-state index in [9.17, 15) is 0 Å². The van der Waals surface area contributed by atoms with Gasteiger partial charge in [-0.1, -0.05) is 152 Å². The molecule has 0 spiro atoms. The molecule has 8 aromatic carbocycles. The number of ether oxygens (including phenoxy) is 2. The van der Waals surface area contributed by atoms with Crippen LogP contribution < -0.4 is 14.4 Å². The molecule has 0 radical (unpaired) electrons. The minimum atomic E-state index is -0.468. The number of anilines is 3. The molecular weight excluding hydrogens is 659 g/mol. The Morgan fingerprint density at radius 2 is 1.17 bits per heavy atom. The summed E-state index contributed by atoms with van der Waals surface area (Å²) in [6.45, 7) is 0. The van der Waals surface area contributed by atoms with Gasteiger partial charge in [0.1, 0.15) is 0 Å². The van der Waals surface area contributed by atoms with Crippen LogP contribution in [0.3, 0.4) is 0 Å². The van der Waals surface area contributed by atoms with Crippen LogP contribution in [0.5, 0.6) is 23.0 Å². The van der Waals surface area contributed by atoms with Crippen molar-refractivity contribution in [2.24, 2.45) is 0 Å². The van der Waals surface area contributed by atoms with E-state index in [0.29, 0.717) is 17.2 Å². The minimum Gasteiger partial charge on any atom is -0.449 e. The highest BCUT2D eigenvalue weighted by Gasteiger charge is 2.49. The molecular formula is C51H35NO2. The van der Waals surface area contributed by atoms with Crippen molar-refractivity contribution in [1.82, 2.24) is 0 Å². The molecule has 3 heteroatoms. The van der Waals surface area contributed by atoms with Crippen LogP contribution in [0.25, 0.3) is 32.7 Å². The molecule has 1 heterocycles.